The fourth-order valence-corrected chi connectivity index (χ4v) is 2.70. The van der Waals surface area contributed by atoms with E-state index < -0.39 is 17.2 Å². The Hall–Kier alpha value is -2.15. The van der Waals surface area contributed by atoms with Crippen LogP contribution in [0, 0.1) is 6.92 Å². The van der Waals surface area contributed by atoms with Crippen LogP contribution in [0.2, 0.25) is 0 Å². The number of carboxylic acids is 1. The Kier molecular flexibility index (Phi) is 3.15. The van der Waals surface area contributed by atoms with Gasteiger partial charge in [0.15, 0.2) is 0 Å². The Bertz CT molecular complexity index is 809. The molecule has 0 aromatic carbocycles. The van der Waals surface area contributed by atoms with Crippen LogP contribution >= 0.6 is 11.3 Å². The van der Waals surface area contributed by atoms with Crippen LogP contribution in [-0.2, 0) is 6.54 Å². The van der Waals surface area contributed by atoms with E-state index in [1.807, 2.05) is 0 Å². The standard InChI is InChI=1S/C12H12N2O4S/c1-6(2)4-13-9(15)7(3)10-14(12(13)18)5-8(19-10)11(16)17/h5H,1,4H2,2-3H3,(H,16,17). The minimum Gasteiger partial charge on any atom is -0.477 e. The number of aromatic carboxylic acids is 1. The average Bonchev–Trinajstić information content (AvgIpc) is 2.77. The average molecular weight is 280 g/mol. The molecule has 0 radical (unpaired) electrons. The summed E-state index contributed by atoms with van der Waals surface area (Å²) < 4.78 is 2.26. The Labute approximate surface area is 111 Å². The SMILES string of the molecule is C=C(C)Cn1c(=O)c(C)c2sc(C(=O)O)cn2c1=O. The molecule has 0 unspecified atom stereocenters. The highest BCUT2D eigenvalue weighted by Crippen LogP contribution is 2.17. The minimum absolute atomic E-state index is 0.0210. The Morgan fingerprint density at radius 1 is 1.47 bits per heavy atom. The molecule has 0 spiro atoms. The van der Waals surface area contributed by atoms with Gasteiger partial charge < -0.3 is 5.11 Å². The lowest BCUT2D eigenvalue weighted by molar-refractivity contribution is 0.0701. The summed E-state index contributed by atoms with van der Waals surface area (Å²) in [5.74, 6) is -1.12. The zero-order chi connectivity index (χ0) is 14.3. The number of nitrogens with zero attached hydrogens (tertiary/aromatic N) is 2. The maximum Gasteiger partial charge on any atom is 0.347 e. The molecule has 0 saturated carbocycles. The second kappa shape index (κ2) is 4.51. The van der Waals surface area contributed by atoms with Crippen LogP contribution in [0.25, 0.3) is 4.83 Å². The van der Waals surface area contributed by atoms with Gasteiger partial charge in [-0.05, 0) is 13.8 Å². The van der Waals surface area contributed by atoms with Gasteiger partial charge in [-0.25, -0.2) is 9.59 Å². The van der Waals surface area contributed by atoms with Gasteiger partial charge in [-0.1, -0.05) is 12.2 Å². The topological polar surface area (TPSA) is 80.8 Å². The molecular formula is C12H12N2O4S. The van der Waals surface area contributed by atoms with Crippen LogP contribution in [0.4, 0.5) is 0 Å². The summed E-state index contributed by atoms with van der Waals surface area (Å²) in [6, 6.07) is 0. The normalized spacial score (nSPS) is 10.8. The summed E-state index contributed by atoms with van der Waals surface area (Å²) in [7, 11) is 0. The highest BCUT2D eigenvalue weighted by Gasteiger charge is 2.16. The number of carboxylic acid groups (broad SMARTS) is 1. The number of thiazole rings is 1. The summed E-state index contributed by atoms with van der Waals surface area (Å²) in [4.78, 5) is 35.6. The van der Waals surface area contributed by atoms with Gasteiger partial charge in [-0.2, -0.15) is 0 Å². The first-order chi connectivity index (χ1) is 8.82. The predicted molar refractivity (Wildman–Crippen MR) is 72.3 cm³/mol. The zero-order valence-corrected chi connectivity index (χ0v) is 11.3. The van der Waals surface area contributed by atoms with Gasteiger partial charge in [0, 0.05) is 11.8 Å². The van der Waals surface area contributed by atoms with Crippen molar-refractivity contribution in [1.82, 2.24) is 8.97 Å². The smallest absolute Gasteiger partial charge is 0.347 e. The Balaban J connectivity index is 2.88. The zero-order valence-electron chi connectivity index (χ0n) is 10.5. The van der Waals surface area contributed by atoms with E-state index >= 15 is 0 Å². The van der Waals surface area contributed by atoms with Crippen LogP contribution in [0.15, 0.2) is 27.9 Å². The van der Waals surface area contributed by atoms with E-state index in [1.165, 1.54) is 10.6 Å². The van der Waals surface area contributed by atoms with Crippen molar-refractivity contribution in [3.63, 3.8) is 0 Å². The number of aromatic nitrogens is 2. The van der Waals surface area contributed by atoms with Crippen LogP contribution in [0.5, 0.6) is 0 Å². The number of allylic oxidation sites excluding steroid dienone is 1. The minimum atomic E-state index is -1.12. The summed E-state index contributed by atoms with van der Waals surface area (Å²) in [5, 5.41) is 8.95. The summed E-state index contributed by atoms with van der Waals surface area (Å²) in [5.41, 5.74) is 0.0785. The molecule has 0 fully saturated rings. The van der Waals surface area contributed by atoms with E-state index in [1.54, 1.807) is 13.8 Å². The molecule has 2 aromatic rings. The van der Waals surface area contributed by atoms with Crippen molar-refractivity contribution in [3.8, 4) is 0 Å². The van der Waals surface area contributed by atoms with Crippen molar-refractivity contribution in [2.75, 3.05) is 0 Å². The Morgan fingerprint density at radius 3 is 2.63 bits per heavy atom. The highest BCUT2D eigenvalue weighted by molar-refractivity contribution is 7.19. The van der Waals surface area contributed by atoms with Gasteiger partial charge in [0.1, 0.15) is 9.71 Å². The van der Waals surface area contributed by atoms with Gasteiger partial charge in [-0.15, -0.1) is 11.3 Å². The molecule has 0 aliphatic carbocycles. The molecule has 6 nitrogen and oxygen atoms in total. The van der Waals surface area contributed by atoms with Crippen LogP contribution in [0.3, 0.4) is 0 Å². The Morgan fingerprint density at radius 2 is 2.11 bits per heavy atom. The highest BCUT2D eigenvalue weighted by atomic mass is 32.1. The van der Waals surface area contributed by atoms with E-state index in [0.717, 1.165) is 15.9 Å². The van der Waals surface area contributed by atoms with E-state index in [9.17, 15) is 14.4 Å². The lowest BCUT2D eigenvalue weighted by Gasteiger charge is -2.06. The van der Waals surface area contributed by atoms with Gasteiger partial charge in [0.05, 0.1) is 6.54 Å². The third kappa shape index (κ3) is 2.12. The first-order valence-electron chi connectivity index (χ1n) is 5.46. The van der Waals surface area contributed by atoms with Crippen molar-refractivity contribution in [1.29, 1.82) is 0 Å². The first kappa shape index (κ1) is 13.3. The van der Waals surface area contributed by atoms with Crippen LogP contribution < -0.4 is 11.2 Å². The third-order valence-corrected chi connectivity index (χ3v) is 3.83. The molecule has 2 aromatic heterocycles. The predicted octanol–water partition coefficient (Wildman–Crippen LogP) is 1.11. The number of hydrogen-bond donors (Lipinski definition) is 1. The van der Waals surface area contributed by atoms with Crippen molar-refractivity contribution < 1.29 is 9.90 Å². The maximum absolute atomic E-state index is 12.2. The fraction of sp³-hybridized carbons (Fsp3) is 0.250. The van der Waals surface area contributed by atoms with Crippen molar-refractivity contribution in [2.24, 2.45) is 0 Å². The van der Waals surface area contributed by atoms with E-state index in [4.69, 9.17) is 5.11 Å². The van der Waals surface area contributed by atoms with Crippen molar-refractivity contribution >= 4 is 22.1 Å². The number of carbonyl (C=O) groups is 1. The molecule has 0 atom stereocenters. The molecule has 0 saturated heterocycles. The molecule has 2 rings (SSSR count). The monoisotopic (exact) mass is 280 g/mol. The van der Waals surface area contributed by atoms with Crippen molar-refractivity contribution in [3.05, 3.63) is 49.6 Å². The number of hydrogen-bond acceptors (Lipinski definition) is 4. The quantitative estimate of drug-likeness (QED) is 0.854. The molecule has 2 heterocycles. The van der Waals surface area contributed by atoms with Gasteiger partial charge in [0.25, 0.3) is 5.56 Å². The third-order valence-electron chi connectivity index (χ3n) is 2.63. The molecule has 0 aliphatic rings. The van der Waals surface area contributed by atoms with Gasteiger partial charge >= 0.3 is 11.7 Å². The van der Waals surface area contributed by atoms with Crippen LogP contribution in [-0.4, -0.2) is 20.0 Å². The number of rotatable bonds is 3. The molecule has 1 N–H and O–H groups in total. The second-order valence-corrected chi connectivity index (χ2v) is 5.36. The summed E-state index contributed by atoms with van der Waals surface area (Å²) >= 11 is 0.916. The number of aryl methyl sites for hydroxylation is 1. The number of fused-ring (bicyclic) bond motifs is 1. The van der Waals surface area contributed by atoms with Crippen LogP contribution in [0.1, 0.15) is 22.2 Å². The van der Waals surface area contributed by atoms with Crippen molar-refractivity contribution in [2.45, 2.75) is 20.4 Å². The largest absolute Gasteiger partial charge is 0.477 e. The molecule has 0 amide bonds. The summed E-state index contributed by atoms with van der Waals surface area (Å²) in [6.45, 7) is 7.09. The molecule has 0 aliphatic heterocycles. The molecule has 0 bridgehead atoms. The first-order valence-corrected chi connectivity index (χ1v) is 6.28. The lowest BCUT2D eigenvalue weighted by atomic mass is 10.3. The maximum atomic E-state index is 12.2. The van der Waals surface area contributed by atoms with E-state index in [-0.39, 0.29) is 11.4 Å². The molecule has 7 heteroatoms. The lowest BCUT2D eigenvalue weighted by Crippen LogP contribution is -2.38. The van der Waals surface area contributed by atoms with Gasteiger partial charge in [0.2, 0.25) is 0 Å². The summed E-state index contributed by atoms with van der Waals surface area (Å²) in [6.07, 6.45) is 1.24. The van der Waals surface area contributed by atoms with E-state index in [2.05, 4.69) is 6.58 Å². The molecule has 100 valence electrons. The fourth-order valence-electron chi connectivity index (χ4n) is 1.77. The second-order valence-electron chi connectivity index (χ2n) is 4.33. The molecule has 19 heavy (non-hydrogen) atoms. The van der Waals surface area contributed by atoms with Gasteiger partial charge in [-0.3, -0.25) is 13.8 Å². The molecular weight excluding hydrogens is 268 g/mol. The van der Waals surface area contributed by atoms with E-state index in [0.29, 0.717) is 16.0 Å².